The minimum Gasteiger partial charge on any atom is -0.481 e. The molecule has 1 aliphatic rings. The first kappa shape index (κ1) is 22.8. The van der Waals surface area contributed by atoms with Crippen molar-refractivity contribution in [3.05, 3.63) is 41.4 Å². The monoisotopic (exact) mass is 475 g/mol. The lowest BCUT2D eigenvalue weighted by Gasteiger charge is -2.27. The number of pyridine rings is 1. The topological polar surface area (TPSA) is 99.9 Å². The molecular formula is C21H26ClN7O2S. The van der Waals surface area contributed by atoms with Gasteiger partial charge in [0.1, 0.15) is 11.8 Å². The Kier molecular flexibility index (Phi) is 7.44. The molecule has 1 saturated carbocycles. The highest BCUT2D eigenvalue weighted by Gasteiger charge is 2.26. The van der Waals surface area contributed by atoms with Gasteiger partial charge >= 0.3 is 0 Å². The molecule has 0 aromatic carbocycles. The predicted octanol–water partition coefficient (Wildman–Crippen LogP) is 4.43. The molecule has 170 valence electrons. The Bertz CT molecular complexity index is 1030. The molecule has 2 unspecified atom stereocenters. The molecule has 2 atom stereocenters. The second-order valence-electron chi connectivity index (χ2n) is 7.66. The van der Waals surface area contributed by atoms with E-state index in [2.05, 4.69) is 34.4 Å². The average molecular weight is 476 g/mol. The molecule has 3 aromatic rings. The number of anilines is 1. The third kappa shape index (κ3) is 5.13. The van der Waals surface area contributed by atoms with Crippen molar-refractivity contribution in [2.45, 2.75) is 44.1 Å². The van der Waals surface area contributed by atoms with Gasteiger partial charge < -0.3 is 9.47 Å². The van der Waals surface area contributed by atoms with Crippen molar-refractivity contribution in [3.63, 3.8) is 0 Å². The molecule has 11 heteroatoms. The van der Waals surface area contributed by atoms with Crippen LogP contribution in [0.3, 0.4) is 0 Å². The number of aromatic nitrogens is 6. The molecule has 0 bridgehead atoms. The first-order valence-corrected chi connectivity index (χ1v) is 11.7. The SMILES string of the molecule is COc1cccc(-c2nnc(NSC(C)C(OC)c3ncc(Cl)cn3)n2CC2CCC2)n1. The lowest BCUT2D eigenvalue weighted by molar-refractivity contribution is 0.0972. The number of nitrogens with zero attached hydrogens (tertiary/aromatic N) is 6. The lowest BCUT2D eigenvalue weighted by atomic mass is 9.85. The van der Waals surface area contributed by atoms with Gasteiger partial charge in [0.15, 0.2) is 11.6 Å². The Balaban J connectivity index is 1.53. The highest BCUT2D eigenvalue weighted by molar-refractivity contribution is 8.01. The van der Waals surface area contributed by atoms with Crippen molar-refractivity contribution < 1.29 is 9.47 Å². The van der Waals surface area contributed by atoms with Gasteiger partial charge in [0, 0.05) is 32.1 Å². The zero-order chi connectivity index (χ0) is 22.5. The largest absolute Gasteiger partial charge is 0.481 e. The molecule has 9 nitrogen and oxygen atoms in total. The summed E-state index contributed by atoms with van der Waals surface area (Å²) in [5.41, 5.74) is 0.728. The molecular weight excluding hydrogens is 450 g/mol. The maximum atomic E-state index is 5.91. The summed E-state index contributed by atoms with van der Waals surface area (Å²) in [7, 11) is 3.25. The maximum Gasteiger partial charge on any atom is 0.234 e. The van der Waals surface area contributed by atoms with Crippen LogP contribution in [0.5, 0.6) is 5.88 Å². The molecule has 0 spiro atoms. The van der Waals surface area contributed by atoms with Gasteiger partial charge in [0.25, 0.3) is 0 Å². The van der Waals surface area contributed by atoms with Crippen LogP contribution in [0, 0.1) is 5.92 Å². The average Bonchev–Trinajstić information content (AvgIpc) is 3.19. The maximum absolute atomic E-state index is 5.91. The first-order valence-electron chi connectivity index (χ1n) is 10.5. The third-order valence-electron chi connectivity index (χ3n) is 5.49. The molecule has 0 saturated heterocycles. The van der Waals surface area contributed by atoms with E-state index in [0.717, 1.165) is 18.1 Å². The molecule has 1 fully saturated rings. The van der Waals surface area contributed by atoms with Crippen LogP contribution in [0.1, 0.15) is 38.1 Å². The van der Waals surface area contributed by atoms with E-state index in [0.29, 0.717) is 28.6 Å². The van der Waals surface area contributed by atoms with Crippen molar-refractivity contribution in [2.75, 3.05) is 18.9 Å². The van der Waals surface area contributed by atoms with Gasteiger partial charge in [-0.25, -0.2) is 15.0 Å². The fourth-order valence-electron chi connectivity index (χ4n) is 3.51. The number of rotatable bonds is 10. The Hall–Kier alpha value is -2.43. The molecule has 1 N–H and O–H groups in total. The summed E-state index contributed by atoms with van der Waals surface area (Å²) in [5.74, 6) is 3.14. The normalized spacial score (nSPS) is 15.8. The minimum atomic E-state index is -0.313. The van der Waals surface area contributed by atoms with Crippen LogP contribution in [0.25, 0.3) is 11.5 Å². The van der Waals surface area contributed by atoms with Gasteiger partial charge in [-0.15, -0.1) is 10.2 Å². The quantitative estimate of drug-likeness (QED) is 0.426. The fraction of sp³-hybridized carbons (Fsp3) is 0.476. The standard InChI is InChI=1S/C21H26ClN7O2S/c1-13(18(31-3)19-23-10-15(22)11-24-19)32-28-21-27-26-20(29(21)12-14-6-4-7-14)16-8-5-9-17(25-16)30-2/h5,8-11,13-14,18H,4,6-7,12H2,1-3H3,(H,27,28). The van der Waals surface area contributed by atoms with Crippen LogP contribution < -0.4 is 9.46 Å². The van der Waals surface area contributed by atoms with E-state index in [1.807, 2.05) is 25.1 Å². The van der Waals surface area contributed by atoms with Crippen LogP contribution in [0.15, 0.2) is 30.6 Å². The number of nitrogens with one attached hydrogen (secondary N) is 1. The zero-order valence-electron chi connectivity index (χ0n) is 18.2. The third-order valence-corrected chi connectivity index (χ3v) is 6.60. The molecule has 0 amide bonds. The minimum absolute atomic E-state index is 0.00609. The first-order chi connectivity index (χ1) is 15.6. The van der Waals surface area contributed by atoms with E-state index >= 15 is 0 Å². The molecule has 1 aliphatic carbocycles. The Labute approximate surface area is 196 Å². The van der Waals surface area contributed by atoms with Crippen LogP contribution in [-0.4, -0.2) is 49.2 Å². The Morgan fingerprint density at radius 2 is 2.00 bits per heavy atom. The van der Waals surface area contributed by atoms with Crippen molar-refractivity contribution in [1.29, 1.82) is 0 Å². The van der Waals surface area contributed by atoms with Gasteiger partial charge in [-0.2, -0.15) is 0 Å². The van der Waals surface area contributed by atoms with Crippen molar-refractivity contribution >= 4 is 29.5 Å². The van der Waals surface area contributed by atoms with Crippen LogP contribution in [0.2, 0.25) is 5.02 Å². The van der Waals surface area contributed by atoms with E-state index in [1.165, 1.54) is 31.2 Å². The second kappa shape index (κ2) is 10.5. The van der Waals surface area contributed by atoms with E-state index in [4.69, 9.17) is 21.1 Å². The van der Waals surface area contributed by atoms with E-state index in [-0.39, 0.29) is 11.4 Å². The summed E-state index contributed by atoms with van der Waals surface area (Å²) in [6.45, 7) is 2.88. The molecule has 4 rings (SSSR count). The van der Waals surface area contributed by atoms with E-state index in [9.17, 15) is 0 Å². The highest BCUT2D eigenvalue weighted by atomic mass is 35.5. The summed E-state index contributed by atoms with van der Waals surface area (Å²) < 4.78 is 16.4. The number of halogens is 1. The van der Waals surface area contributed by atoms with Crippen LogP contribution in [0.4, 0.5) is 5.95 Å². The fourth-order valence-corrected chi connectivity index (χ4v) is 4.41. The Morgan fingerprint density at radius 1 is 1.22 bits per heavy atom. The van der Waals surface area contributed by atoms with Gasteiger partial charge in [0.05, 0.1) is 17.4 Å². The number of methoxy groups -OCH3 is 2. The van der Waals surface area contributed by atoms with Crippen LogP contribution >= 0.6 is 23.5 Å². The molecule has 3 heterocycles. The van der Waals surface area contributed by atoms with Gasteiger partial charge in [-0.05, 0) is 43.7 Å². The van der Waals surface area contributed by atoms with Crippen molar-refractivity contribution in [3.8, 4) is 17.4 Å². The molecule has 3 aromatic heterocycles. The predicted molar refractivity (Wildman–Crippen MR) is 125 cm³/mol. The van der Waals surface area contributed by atoms with E-state index < -0.39 is 0 Å². The van der Waals surface area contributed by atoms with E-state index in [1.54, 1.807) is 26.6 Å². The lowest BCUT2D eigenvalue weighted by Crippen LogP contribution is -2.21. The van der Waals surface area contributed by atoms with Crippen molar-refractivity contribution in [2.24, 2.45) is 5.92 Å². The van der Waals surface area contributed by atoms with Gasteiger partial charge in [0.2, 0.25) is 11.8 Å². The number of ether oxygens (including phenoxy) is 2. The Morgan fingerprint density at radius 3 is 2.66 bits per heavy atom. The molecule has 32 heavy (non-hydrogen) atoms. The van der Waals surface area contributed by atoms with Crippen LogP contribution in [-0.2, 0) is 11.3 Å². The number of hydrogen-bond acceptors (Lipinski definition) is 9. The molecule has 0 radical (unpaired) electrons. The number of hydrogen-bond donors (Lipinski definition) is 1. The summed E-state index contributed by atoms with van der Waals surface area (Å²) in [6, 6.07) is 5.64. The summed E-state index contributed by atoms with van der Waals surface area (Å²) in [6.07, 6.45) is 6.53. The zero-order valence-corrected chi connectivity index (χ0v) is 19.8. The molecule has 0 aliphatic heterocycles. The smallest absolute Gasteiger partial charge is 0.234 e. The van der Waals surface area contributed by atoms with Crippen molar-refractivity contribution in [1.82, 2.24) is 29.7 Å². The van der Waals surface area contributed by atoms with Gasteiger partial charge in [-0.1, -0.05) is 24.1 Å². The second-order valence-corrected chi connectivity index (χ2v) is 9.28. The summed E-state index contributed by atoms with van der Waals surface area (Å²) in [5, 5.41) is 9.33. The highest BCUT2D eigenvalue weighted by Crippen LogP contribution is 2.33. The summed E-state index contributed by atoms with van der Waals surface area (Å²) in [4.78, 5) is 13.1. The van der Waals surface area contributed by atoms with Gasteiger partial charge in [-0.3, -0.25) is 9.29 Å². The summed E-state index contributed by atoms with van der Waals surface area (Å²) >= 11 is 7.40.